The van der Waals surface area contributed by atoms with E-state index in [1.54, 1.807) is 48.8 Å². The number of methoxy groups -OCH3 is 1. The predicted molar refractivity (Wildman–Crippen MR) is 97.5 cm³/mol. The summed E-state index contributed by atoms with van der Waals surface area (Å²) in [5, 5.41) is 3.89. The molecule has 7 nitrogen and oxygen atoms in total. The van der Waals surface area contributed by atoms with Crippen LogP contribution in [0.4, 0.5) is 4.39 Å². The third-order valence-corrected chi connectivity index (χ3v) is 4.06. The van der Waals surface area contributed by atoms with Crippen molar-refractivity contribution in [1.29, 1.82) is 0 Å². The molecular formula is C20H13FN4O3. The highest BCUT2D eigenvalue weighted by molar-refractivity contribution is 5.90. The number of ether oxygens (including phenoxy) is 1. The van der Waals surface area contributed by atoms with E-state index in [9.17, 15) is 9.18 Å². The molecule has 0 saturated carbocycles. The van der Waals surface area contributed by atoms with Crippen LogP contribution in [-0.2, 0) is 4.74 Å². The van der Waals surface area contributed by atoms with Crippen LogP contribution in [0.25, 0.3) is 34.0 Å². The Morgan fingerprint density at radius 3 is 2.61 bits per heavy atom. The Balaban J connectivity index is 1.66. The van der Waals surface area contributed by atoms with Gasteiger partial charge in [0.05, 0.1) is 18.2 Å². The maximum Gasteiger partial charge on any atom is 0.337 e. The molecule has 0 unspecified atom stereocenters. The van der Waals surface area contributed by atoms with Gasteiger partial charge in [0.1, 0.15) is 12.1 Å². The summed E-state index contributed by atoms with van der Waals surface area (Å²) in [6.07, 6.45) is 4.60. The minimum Gasteiger partial charge on any atom is -0.465 e. The molecule has 0 N–H and O–H groups in total. The summed E-state index contributed by atoms with van der Waals surface area (Å²) in [4.78, 5) is 23.8. The van der Waals surface area contributed by atoms with Gasteiger partial charge in [-0.1, -0.05) is 23.4 Å². The Kier molecular flexibility index (Phi) is 4.59. The lowest BCUT2D eigenvalue weighted by atomic mass is 10.1. The van der Waals surface area contributed by atoms with Crippen LogP contribution in [0.1, 0.15) is 10.4 Å². The fraction of sp³-hybridized carbons (Fsp3) is 0.0500. The van der Waals surface area contributed by atoms with Gasteiger partial charge >= 0.3 is 5.97 Å². The average Bonchev–Trinajstić information content (AvgIpc) is 3.24. The minimum atomic E-state index is -0.514. The van der Waals surface area contributed by atoms with Crippen molar-refractivity contribution in [2.45, 2.75) is 0 Å². The molecule has 138 valence electrons. The van der Waals surface area contributed by atoms with Crippen LogP contribution in [0.5, 0.6) is 0 Å². The van der Waals surface area contributed by atoms with Gasteiger partial charge in [-0.05, 0) is 29.8 Å². The first-order chi connectivity index (χ1) is 13.7. The van der Waals surface area contributed by atoms with Crippen molar-refractivity contribution in [3.05, 3.63) is 72.6 Å². The van der Waals surface area contributed by atoms with Gasteiger partial charge in [0.15, 0.2) is 0 Å². The van der Waals surface area contributed by atoms with E-state index in [0.29, 0.717) is 22.3 Å². The van der Waals surface area contributed by atoms with E-state index in [4.69, 9.17) is 9.26 Å². The molecule has 28 heavy (non-hydrogen) atoms. The molecule has 0 spiro atoms. The summed E-state index contributed by atoms with van der Waals surface area (Å²) in [7, 11) is 1.30. The maximum absolute atomic E-state index is 14.6. The van der Waals surface area contributed by atoms with E-state index in [1.165, 1.54) is 19.5 Å². The molecule has 0 fully saturated rings. The van der Waals surface area contributed by atoms with Gasteiger partial charge in [-0.15, -0.1) is 0 Å². The second-order valence-electron chi connectivity index (χ2n) is 5.82. The Labute approximate surface area is 158 Å². The first kappa shape index (κ1) is 17.5. The monoisotopic (exact) mass is 376 g/mol. The molecule has 0 aliphatic carbocycles. The molecular weight excluding hydrogens is 363 g/mol. The standard InChI is InChI=1S/C20H13FN4O3/c1-27-20(26)14-4-2-3-13(7-14)18-24-19(28-25-18)16-6-5-12(8-17(16)21)15-9-22-11-23-10-15/h2-11H,1H3. The molecule has 0 atom stereocenters. The molecule has 2 aromatic heterocycles. The zero-order valence-corrected chi connectivity index (χ0v) is 14.7. The smallest absolute Gasteiger partial charge is 0.337 e. The lowest BCUT2D eigenvalue weighted by molar-refractivity contribution is 0.0601. The van der Waals surface area contributed by atoms with E-state index in [2.05, 4.69) is 20.1 Å². The van der Waals surface area contributed by atoms with Gasteiger partial charge in [0, 0.05) is 23.5 Å². The number of hydrogen-bond acceptors (Lipinski definition) is 7. The maximum atomic E-state index is 14.6. The predicted octanol–water partition coefficient (Wildman–Crippen LogP) is 3.79. The van der Waals surface area contributed by atoms with E-state index in [0.717, 1.165) is 0 Å². The summed E-state index contributed by atoms with van der Waals surface area (Å²) in [5.41, 5.74) is 2.40. The second-order valence-corrected chi connectivity index (χ2v) is 5.82. The van der Waals surface area contributed by atoms with Crippen LogP contribution in [0.2, 0.25) is 0 Å². The molecule has 0 radical (unpaired) electrons. The largest absolute Gasteiger partial charge is 0.465 e. The quantitative estimate of drug-likeness (QED) is 0.501. The number of hydrogen-bond donors (Lipinski definition) is 0. The zero-order valence-electron chi connectivity index (χ0n) is 14.7. The van der Waals surface area contributed by atoms with E-state index < -0.39 is 11.8 Å². The van der Waals surface area contributed by atoms with Crippen molar-refractivity contribution in [3.63, 3.8) is 0 Å². The third kappa shape index (κ3) is 3.35. The molecule has 2 aromatic carbocycles. The second kappa shape index (κ2) is 7.36. The van der Waals surface area contributed by atoms with Crippen molar-refractivity contribution >= 4 is 5.97 Å². The summed E-state index contributed by atoms with van der Waals surface area (Å²) in [6.45, 7) is 0. The molecule has 0 aliphatic heterocycles. The topological polar surface area (TPSA) is 91.0 Å². The molecule has 0 bridgehead atoms. The van der Waals surface area contributed by atoms with Crippen LogP contribution in [0.15, 0.2) is 65.7 Å². The number of esters is 1. The highest BCUT2D eigenvalue weighted by atomic mass is 19.1. The van der Waals surface area contributed by atoms with Crippen molar-refractivity contribution in [1.82, 2.24) is 20.1 Å². The van der Waals surface area contributed by atoms with Crippen LogP contribution in [0.3, 0.4) is 0 Å². The molecule has 0 amide bonds. The van der Waals surface area contributed by atoms with E-state index >= 15 is 0 Å². The van der Waals surface area contributed by atoms with Crippen molar-refractivity contribution in [2.24, 2.45) is 0 Å². The lowest BCUT2D eigenvalue weighted by Gasteiger charge is -2.03. The molecule has 0 aliphatic rings. The number of halogens is 1. The van der Waals surface area contributed by atoms with Gasteiger partial charge in [-0.2, -0.15) is 4.98 Å². The molecule has 8 heteroatoms. The first-order valence-corrected chi connectivity index (χ1v) is 8.23. The summed E-state index contributed by atoms with van der Waals surface area (Å²) in [5.74, 6) is -0.718. The Morgan fingerprint density at radius 2 is 1.86 bits per heavy atom. The Bertz CT molecular complexity index is 1150. The highest BCUT2D eigenvalue weighted by Gasteiger charge is 2.16. The molecule has 4 rings (SSSR count). The van der Waals surface area contributed by atoms with Gasteiger partial charge in [-0.25, -0.2) is 19.2 Å². The summed E-state index contributed by atoms with van der Waals surface area (Å²) in [6, 6.07) is 11.2. The third-order valence-electron chi connectivity index (χ3n) is 4.06. The number of rotatable bonds is 4. The van der Waals surface area contributed by atoms with Crippen molar-refractivity contribution in [3.8, 4) is 34.0 Å². The molecule has 0 saturated heterocycles. The van der Waals surface area contributed by atoms with Gasteiger partial charge in [-0.3, -0.25) is 0 Å². The normalized spacial score (nSPS) is 10.6. The zero-order chi connectivity index (χ0) is 19.5. The first-order valence-electron chi connectivity index (χ1n) is 8.23. The number of benzene rings is 2. The van der Waals surface area contributed by atoms with Crippen LogP contribution < -0.4 is 0 Å². The molecule has 2 heterocycles. The van der Waals surface area contributed by atoms with Gasteiger partial charge in [0.25, 0.3) is 5.89 Å². The van der Waals surface area contributed by atoms with Crippen molar-refractivity contribution in [2.75, 3.05) is 7.11 Å². The van der Waals surface area contributed by atoms with E-state index in [1.807, 2.05) is 0 Å². The Morgan fingerprint density at radius 1 is 1.04 bits per heavy atom. The number of aromatic nitrogens is 4. The Hall–Kier alpha value is -3.94. The summed E-state index contributed by atoms with van der Waals surface area (Å²) >= 11 is 0. The number of carbonyl (C=O) groups is 1. The molecule has 4 aromatic rings. The SMILES string of the molecule is COC(=O)c1cccc(-c2noc(-c3ccc(-c4cncnc4)cc3F)n2)c1. The number of nitrogens with zero attached hydrogens (tertiary/aromatic N) is 4. The van der Waals surface area contributed by atoms with Crippen LogP contribution >= 0.6 is 0 Å². The van der Waals surface area contributed by atoms with Gasteiger partial charge < -0.3 is 9.26 Å². The fourth-order valence-electron chi connectivity index (χ4n) is 2.67. The lowest BCUT2D eigenvalue weighted by Crippen LogP contribution is -2.00. The number of carbonyl (C=O) groups excluding carboxylic acids is 1. The van der Waals surface area contributed by atoms with Crippen LogP contribution in [-0.4, -0.2) is 33.2 Å². The minimum absolute atomic E-state index is 0.0341. The van der Waals surface area contributed by atoms with Crippen LogP contribution in [0, 0.1) is 5.82 Å². The highest BCUT2D eigenvalue weighted by Crippen LogP contribution is 2.28. The van der Waals surface area contributed by atoms with Gasteiger partial charge in [0.2, 0.25) is 5.82 Å². The fourth-order valence-corrected chi connectivity index (χ4v) is 2.67. The summed E-state index contributed by atoms with van der Waals surface area (Å²) < 4.78 is 24.5. The average molecular weight is 376 g/mol. The van der Waals surface area contributed by atoms with E-state index in [-0.39, 0.29) is 17.3 Å². The van der Waals surface area contributed by atoms with Crippen molar-refractivity contribution < 1.29 is 18.4 Å².